The molecule has 0 fully saturated rings. The van der Waals surface area contributed by atoms with Crippen LogP contribution in [0, 0.1) is 0 Å². The van der Waals surface area contributed by atoms with Crippen LogP contribution in [0.25, 0.3) is 0 Å². The van der Waals surface area contributed by atoms with E-state index in [1.54, 1.807) is 18.3 Å². The SMILES string of the molecule is CCCCCC(C)(OCCC)C(=O)Nc1ccc(OCCOCC)nc1. The van der Waals surface area contributed by atoms with Crippen molar-refractivity contribution in [3.63, 3.8) is 0 Å². The van der Waals surface area contributed by atoms with Crippen molar-refractivity contribution in [2.75, 3.05) is 31.7 Å². The fourth-order valence-corrected chi connectivity index (χ4v) is 2.44. The van der Waals surface area contributed by atoms with Gasteiger partial charge in [-0.25, -0.2) is 4.98 Å². The Labute approximate surface area is 157 Å². The number of nitrogens with one attached hydrogen (secondary N) is 1. The van der Waals surface area contributed by atoms with Gasteiger partial charge in [0.1, 0.15) is 12.2 Å². The molecule has 1 unspecified atom stereocenters. The number of carbonyl (C=O) groups is 1. The highest BCUT2D eigenvalue weighted by molar-refractivity contribution is 5.96. The normalized spacial score (nSPS) is 13.2. The zero-order valence-electron chi connectivity index (χ0n) is 16.7. The van der Waals surface area contributed by atoms with Crippen LogP contribution in [0.1, 0.15) is 59.8 Å². The molecule has 1 rings (SSSR count). The van der Waals surface area contributed by atoms with E-state index in [0.29, 0.717) is 44.4 Å². The molecule has 26 heavy (non-hydrogen) atoms. The smallest absolute Gasteiger partial charge is 0.256 e. The van der Waals surface area contributed by atoms with Crippen molar-refractivity contribution in [2.24, 2.45) is 0 Å². The minimum atomic E-state index is -0.822. The van der Waals surface area contributed by atoms with Gasteiger partial charge in [0, 0.05) is 19.3 Å². The average molecular weight is 367 g/mol. The van der Waals surface area contributed by atoms with Gasteiger partial charge in [-0.2, -0.15) is 0 Å². The Balaban J connectivity index is 2.60. The van der Waals surface area contributed by atoms with Gasteiger partial charge in [-0.15, -0.1) is 0 Å². The van der Waals surface area contributed by atoms with Crippen molar-refractivity contribution in [1.82, 2.24) is 4.98 Å². The molecule has 0 aliphatic carbocycles. The van der Waals surface area contributed by atoms with Gasteiger partial charge in [-0.1, -0.05) is 33.1 Å². The van der Waals surface area contributed by atoms with Crippen molar-refractivity contribution < 1.29 is 19.0 Å². The number of unbranched alkanes of at least 4 members (excludes halogenated alkanes) is 2. The van der Waals surface area contributed by atoms with Crippen molar-refractivity contribution in [1.29, 1.82) is 0 Å². The second-order valence-corrected chi connectivity index (χ2v) is 6.42. The molecule has 1 atom stereocenters. The lowest BCUT2D eigenvalue weighted by Crippen LogP contribution is -2.43. The zero-order valence-corrected chi connectivity index (χ0v) is 16.7. The van der Waals surface area contributed by atoms with Crippen LogP contribution < -0.4 is 10.1 Å². The first kappa shape index (κ1) is 22.4. The molecule has 6 heteroatoms. The highest BCUT2D eigenvalue weighted by Gasteiger charge is 2.33. The molecule has 0 aromatic carbocycles. The summed E-state index contributed by atoms with van der Waals surface area (Å²) in [6.45, 7) is 10.2. The second kappa shape index (κ2) is 12.7. The summed E-state index contributed by atoms with van der Waals surface area (Å²) in [6, 6.07) is 3.52. The Morgan fingerprint density at radius 3 is 2.54 bits per heavy atom. The second-order valence-electron chi connectivity index (χ2n) is 6.42. The van der Waals surface area contributed by atoms with Gasteiger partial charge in [-0.05, 0) is 32.8 Å². The van der Waals surface area contributed by atoms with E-state index in [2.05, 4.69) is 17.2 Å². The lowest BCUT2D eigenvalue weighted by Gasteiger charge is -2.28. The third kappa shape index (κ3) is 8.15. The Kier molecular flexibility index (Phi) is 10.9. The molecule has 1 amide bonds. The first-order valence-corrected chi connectivity index (χ1v) is 9.67. The summed E-state index contributed by atoms with van der Waals surface area (Å²) in [5.41, 5.74) is -0.188. The third-order valence-corrected chi connectivity index (χ3v) is 4.04. The molecule has 0 spiro atoms. The Hall–Kier alpha value is -1.66. The highest BCUT2D eigenvalue weighted by atomic mass is 16.5. The number of anilines is 1. The number of pyridine rings is 1. The maximum Gasteiger partial charge on any atom is 0.256 e. The molecule has 148 valence electrons. The van der Waals surface area contributed by atoms with E-state index in [-0.39, 0.29) is 5.91 Å². The monoisotopic (exact) mass is 366 g/mol. The molecule has 0 saturated heterocycles. The van der Waals surface area contributed by atoms with Gasteiger partial charge in [-0.3, -0.25) is 4.79 Å². The molecular formula is C20H34N2O4. The van der Waals surface area contributed by atoms with Crippen molar-refractivity contribution in [3.8, 4) is 5.88 Å². The molecule has 1 aromatic heterocycles. The predicted molar refractivity (Wildman–Crippen MR) is 104 cm³/mol. The molecule has 0 radical (unpaired) electrons. The maximum atomic E-state index is 12.8. The number of rotatable bonds is 14. The third-order valence-electron chi connectivity index (χ3n) is 4.04. The summed E-state index contributed by atoms with van der Waals surface area (Å²) in [5, 5.41) is 2.92. The van der Waals surface area contributed by atoms with Crippen LogP contribution in [0.3, 0.4) is 0 Å². The summed E-state index contributed by atoms with van der Waals surface area (Å²) in [7, 11) is 0. The van der Waals surface area contributed by atoms with Crippen molar-refractivity contribution >= 4 is 11.6 Å². The lowest BCUT2D eigenvalue weighted by atomic mass is 9.96. The minimum absolute atomic E-state index is 0.131. The number of aromatic nitrogens is 1. The van der Waals surface area contributed by atoms with Gasteiger partial charge < -0.3 is 19.5 Å². The predicted octanol–water partition coefficient (Wildman–Crippen LogP) is 4.20. The Morgan fingerprint density at radius 1 is 1.12 bits per heavy atom. The zero-order chi connectivity index (χ0) is 19.3. The van der Waals surface area contributed by atoms with E-state index < -0.39 is 5.60 Å². The van der Waals surface area contributed by atoms with Crippen molar-refractivity contribution in [3.05, 3.63) is 18.3 Å². The molecule has 6 nitrogen and oxygen atoms in total. The van der Waals surface area contributed by atoms with Crippen LogP contribution in [0.5, 0.6) is 5.88 Å². The van der Waals surface area contributed by atoms with Crippen LogP contribution >= 0.6 is 0 Å². The molecule has 0 saturated carbocycles. The van der Waals surface area contributed by atoms with Gasteiger partial charge in [0.15, 0.2) is 0 Å². The number of hydrogen-bond donors (Lipinski definition) is 1. The first-order chi connectivity index (χ1) is 12.6. The van der Waals surface area contributed by atoms with Gasteiger partial charge in [0.25, 0.3) is 5.91 Å². The highest BCUT2D eigenvalue weighted by Crippen LogP contribution is 2.23. The summed E-state index contributed by atoms with van der Waals surface area (Å²) in [4.78, 5) is 17.0. The molecule has 1 heterocycles. The Bertz CT molecular complexity index is 507. The van der Waals surface area contributed by atoms with Gasteiger partial charge in [0.05, 0.1) is 18.5 Å². The molecule has 1 N–H and O–H groups in total. The van der Waals surface area contributed by atoms with Crippen LogP contribution in [0.15, 0.2) is 18.3 Å². The first-order valence-electron chi connectivity index (χ1n) is 9.67. The van der Waals surface area contributed by atoms with Gasteiger partial charge >= 0.3 is 0 Å². The molecule has 0 bridgehead atoms. The lowest BCUT2D eigenvalue weighted by molar-refractivity contribution is -0.140. The van der Waals surface area contributed by atoms with E-state index in [0.717, 1.165) is 25.7 Å². The van der Waals surface area contributed by atoms with Gasteiger partial charge in [0.2, 0.25) is 5.88 Å². The fourth-order valence-electron chi connectivity index (χ4n) is 2.44. The summed E-state index contributed by atoms with van der Waals surface area (Å²) in [5.74, 6) is 0.379. The van der Waals surface area contributed by atoms with E-state index in [1.807, 2.05) is 20.8 Å². The molecular weight excluding hydrogens is 332 g/mol. The quantitative estimate of drug-likeness (QED) is 0.500. The Morgan fingerprint density at radius 2 is 1.92 bits per heavy atom. The maximum absolute atomic E-state index is 12.8. The van der Waals surface area contributed by atoms with Crippen LogP contribution in [0.2, 0.25) is 0 Å². The minimum Gasteiger partial charge on any atom is -0.475 e. The number of hydrogen-bond acceptors (Lipinski definition) is 5. The van der Waals surface area contributed by atoms with Crippen LogP contribution in [-0.2, 0) is 14.3 Å². The number of ether oxygens (including phenoxy) is 3. The van der Waals surface area contributed by atoms with E-state index in [1.165, 1.54) is 0 Å². The summed E-state index contributed by atoms with van der Waals surface area (Å²) < 4.78 is 16.6. The van der Waals surface area contributed by atoms with E-state index in [4.69, 9.17) is 14.2 Å². The summed E-state index contributed by atoms with van der Waals surface area (Å²) >= 11 is 0. The summed E-state index contributed by atoms with van der Waals surface area (Å²) in [6.07, 6.45) is 6.35. The number of carbonyl (C=O) groups excluding carboxylic acids is 1. The fraction of sp³-hybridized carbons (Fsp3) is 0.700. The molecule has 0 aliphatic heterocycles. The largest absolute Gasteiger partial charge is 0.475 e. The van der Waals surface area contributed by atoms with E-state index in [9.17, 15) is 4.79 Å². The van der Waals surface area contributed by atoms with Crippen LogP contribution in [0.4, 0.5) is 5.69 Å². The van der Waals surface area contributed by atoms with Crippen LogP contribution in [-0.4, -0.2) is 42.9 Å². The molecule has 1 aromatic rings. The van der Waals surface area contributed by atoms with Crippen molar-refractivity contribution in [2.45, 2.75) is 65.4 Å². The topological polar surface area (TPSA) is 69.7 Å². The molecule has 0 aliphatic rings. The van der Waals surface area contributed by atoms with E-state index >= 15 is 0 Å². The number of nitrogens with zero attached hydrogens (tertiary/aromatic N) is 1. The number of amides is 1. The average Bonchev–Trinajstić information content (AvgIpc) is 2.65. The standard InChI is InChI=1S/C20H34N2O4/c1-5-8-9-12-20(4,26-13-6-2)19(23)22-17-10-11-18(21-16-17)25-15-14-24-7-3/h10-11,16H,5-9,12-15H2,1-4H3,(H,22,23).